The van der Waals surface area contributed by atoms with Crippen molar-refractivity contribution in [3.8, 4) is 0 Å². The van der Waals surface area contributed by atoms with Crippen LogP contribution in [0.25, 0.3) is 0 Å². The molecule has 0 saturated carbocycles. The Kier molecular flexibility index (Phi) is 3.72. The van der Waals surface area contributed by atoms with Crippen LogP contribution in [0.5, 0.6) is 0 Å². The van der Waals surface area contributed by atoms with E-state index in [1.807, 2.05) is 0 Å². The van der Waals surface area contributed by atoms with E-state index in [1.165, 1.54) is 12.3 Å². The van der Waals surface area contributed by atoms with E-state index in [9.17, 15) is 9.90 Å². The largest absolute Gasteiger partial charge is 0.389 e. The molecular weight excluding hydrogens is 230 g/mol. The number of halogens is 1. The highest BCUT2D eigenvalue weighted by atomic mass is 35.5. The molecule has 0 radical (unpaired) electrons. The number of hydrogen-bond acceptors (Lipinski definition) is 4. The maximum atomic E-state index is 10.8. The minimum atomic E-state index is -0.868. The van der Waals surface area contributed by atoms with Crippen LogP contribution >= 0.6 is 11.6 Å². The molecule has 0 spiro atoms. The normalized spacial score (nSPS) is 11.2. The molecule has 16 heavy (non-hydrogen) atoms. The molecule has 1 aromatic heterocycles. The first-order valence-corrected chi connectivity index (χ1v) is 5.09. The molecular formula is C10H14ClN3O2. The summed E-state index contributed by atoms with van der Waals surface area (Å²) in [5, 5.41) is 12.7. The van der Waals surface area contributed by atoms with Gasteiger partial charge in [-0.3, -0.25) is 4.79 Å². The Balaban J connectivity index is 2.80. The molecule has 1 heterocycles. The van der Waals surface area contributed by atoms with Crippen LogP contribution in [0.2, 0.25) is 5.02 Å². The Morgan fingerprint density at radius 3 is 2.75 bits per heavy atom. The predicted molar refractivity (Wildman–Crippen MR) is 62.6 cm³/mol. The number of rotatable bonds is 4. The molecule has 1 amide bonds. The molecule has 0 atom stereocenters. The number of carbonyl (C=O) groups excluding carboxylic acids is 1. The number of amides is 1. The Morgan fingerprint density at radius 2 is 2.31 bits per heavy atom. The lowest BCUT2D eigenvalue weighted by molar-refractivity contribution is 0.0943. The van der Waals surface area contributed by atoms with Crippen LogP contribution in [0.3, 0.4) is 0 Å². The number of anilines is 1. The minimum Gasteiger partial charge on any atom is -0.389 e. The van der Waals surface area contributed by atoms with Crippen LogP contribution in [0.15, 0.2) is 12.3 Å². The second kappa shape index (κ2) is 4.67. The number of aliphatic hydroxyl groups is 1. The second-order valence-corrected chi connectivity index (χ2v) is 4.49. The van der Waals surface area contributed by atoms with Crippen LogP contribution in [0.1, 0.15) is 24.2 Å². The summed E-state index contributed by atoms with van der Waals surface area (Å²) in [5.74, 6) is -0.169. The topological polar surface area (TPSA) is 88.2 Å². The van der Waals surface area contributed by atoms with Crippen molar-refractivity contribution in [1.82, 2.24) is 4.98 Å². The molecule has 0 saturated heterocycles. The van der Waals surface area contributed by atoms with Gasteiger partial charge >= 0.3 is 0 Å². The fraction of sp³-hybridized carbons (Fsp3) is 0.400. The zero-order valence-corrected chi connectivity index (χ0v) is 9.88. The first-order chi connectivity index (χ1) is 7.29. The van der Waals surface area contributed by atoms with Crippen LogP contribution < -0.4 is 11.1 Å². The van der Waals surface area contributed by atoms with Gasteiger partial charge in [0.1, 0.15) is 5.82 Å². The maximum absolute atomic E-state index is 10.8. The Labute approximate surface area is 98.6 Å². The summed E-state index contributed by atoms with van der Waals surface area (Å²) in [6, 6.07) is 1.43. The molecule has 88 valence electrons. The number of primary amides is 1. The second-order valence-electron chi connectivity index (χ2n) is 4.08. The summed E-state index contributed by atoms with van der Waals surface area (Å²) < 4.78 is 0. The van der Waals surface area contributed by atoms with Gasteiger partial charge in [-0.15, -0.1) is 0 Å². The molecule has 5 nitrogen and oxygen atoms in total. The Bertz CT molecular complexity index is 402. The van der Waals surface area contributed by atoms with Gasteiger partial charge in [0.15, 0.2) is 0 Å². The van der Waals surface area contributed by atoms with Gasteiger partial charge in [0.05, 0.1) is 16.2 Å². The lowest BCUT2D eigenvalue weighted by atomic mass is 10.1. The van der Waals surface area contributed by atoms with Crippen molar-refractivity contribution in [2.24, 2.45) is 5.73 Å². The van der Waals surface area contributed by atoms with Gasteiger partial charge in [0.2, 0.25) is 5.91 Å². The number of nitrogens with zero attached hydrogens (tertiary/aromatic N) is 1. The average molecular weight is 244 g/mol. The van der Waals surface area contributed by atoms with Gasteiger partial charge in [-0.05, 0) is 19.9 Å². The molecule has 1 aromatic rings. The number of aromatic nitrogens is 1. The number of carbonyl (C=O) groups is 1. The summed E-state index contributed by atoms with van der Waals surface area (Å²) >= 11 is 5.89. The van der Waals surface area contributed by atoms with E-state index in [0.29, 0.717) is 17.4 Å². The van der Waals surface area contributed by atoms with Crippen molar-refractivity contribution in [2.75, 3.05) is 11.9 Å². The number of nitrogens with two attached hydrogens (primary N) is 1. The van der Waals surface area contributed by atoms with Crippen molar-refractivity contribution < 1.29 is 9.90 Å². The number of nitrogens with one attached hydrogen (secondary N) is 1. The summed E-state index contributed by atoms with van der Waals surface area (Å²) in [4.78, 5) is 14.8. The maximum Gasteiger partial charge on any atom is 0.250 e. The fourth-order valence-electron chi connectivity index (χ4n) is 1.00. The van der Waals surface area contributed by atoms with Crippen molar-refractivity contribution in [3.05, 3.63) is 22.8 Å². The summed E-state index contributed by atoms with van der Waals surface area (Å²) in [7, 11) is 0. The highest BCUT2D eigenvalue weighted by Gasteiger charge is 2.14. The molecule has 6 heteroatoms. The van der Waals surface area contributed by atoms with E-state index >= 15 is 0 Å². The Morgan fingerprint density at radius 1 is 1.69 bits per heavy atom. The summed E-state index contributed by atoms with van der Waals surface area (Å²) in [6.07, 6.45) is 1.33. The smallest absolute Gasteiger partial charge is 0.250 e. The molecule has 0 aliphatic rings. The van der Waals surface area contributed by atoms with E-state index in [1.54, 1.807) is 13.8 Å². The van der Waals surface area contributed by atoms with Gasteiger partial charge in [-0.1, -0.05) is 11.6 Å². The van der Waals surface area contributed by atoms with Crippen molar-refractivity contribution in [2.45, 2.75) is 19.4 Å². The first kappa shape index (κ1) is 12.7. The van der Waals surface area contributed by atoms with Gasteiger partial charge in [-0.25, -0.2) is 4.98 Å². The monoisotopic (exact) mass is 243 g/mol. The minimum absolute atomic E-state index is 0.249. The van der Waals surface area contributed by atoms with Gasteiger partial charge in [-0.2, -0.15) is 0 Å². The molecule has 0 aromatic carbocycles. The summed E-state index contributed by atoms with van der Waals surface area (Å²) in [6.45, 7) is 3.62. The quantitative estimate of drug-likeness (QED) is 0.737. The number of pyridine rings is 1. The molecule has 1 rings (SSSR count). The van der Waals surface area contributed by atoms with Crippen molar-refractivity contribution >= 4 is 23.3 Å². The fourth-order valence-corrected chi connectivity index (χ4v) is 1.24. The zero-order valence-electron chi connectivity index (χ0n) is 9.12. The first-order valence-electron chi connectivity index (χ1n) is 4.71. The third-order valence-corrected chi connectivity index (χ3v) is 2.10. The highest BCUT2D eigenvalue weighted by molar-refractivity contribution is 6.33. The van der Waals surface area contributed by atoms with Crippen LogP contribution in [-0.2, 0) is 0 Å². The molecule has 0 bridgehead atoms. The van der Waals surface area contributed by atoms with E-state index in [0.717, 1.165) is 0 Å². The highest BCUT2D eigenvalue weighted by Crippen LogP contribution is 2.20. The predicted octanol–water partition coefficient (Wildman–Crippen LogP) is 1.02. The third kappa shape index (κ3) is 3.67. The lowest BCUT2D eigenvalue weighted by Gasteiger charge is -2.18. The van der Waals surface area contributed by atoms with E-state index < -0.39 is 11.5 Å². The van der Waals surface area contributed by atoms with Gasteiger partial charge < -0.3 is 16.2 Å². The molecule has 4 N–H and O–H groups in total. The average Bonchev–Trinajstić information content (AvgIpc) is 2.14. The van der Waals surface area contributed by atoms with Crippen molar-refractivity contribution in [3.63, 3.8) is 0 Å². The van der Waals surface area contributed by atoms with Gasteiger partial charge in [0.25, 0.3) is 0 Å². The third-order valence-electron chi connectivity index (χ3n) is 1.81. The Hall–Kier alpha value is -1.33. The van der Waals surface area contributed by atoms with E-state index in [2.05, 4.69) is 10.3 Å². The SMILES string of the molecule is CC(C)(O)CNc1ncc(C(N)=O)cc1Cl. The van der Waals surface area contributed by atoms with E-state index in [4.69, 9.17) is 17.3 Å². The number of hydrogen-bond donors (Lipinski definition) is 3. The van der Waals surface area contributed by atoms with Crippen LogP contribution in [0, 0.1) is 0 Å². The van der Waals surface area contributed by atoms with Crippen molar-refractivity contribution in [1.29, 1.82) is 0 Å². The molecule has 0 aliphatic heterocycles. The van der Waals surface area contributed by atoms with Crippen LogP contribution in [-0.4, -0.2) is 28.1 Å². The van der Waals surface area contributed by atoms with E-state index in [-0.39, 0.29) is 5.56 Å². The van der Waals surface area contributed by atoms with Gasteiger partial charge in [0, 0.05) is 12.7 Å². The van der Waals surface area contributed by atoms with Crippen LogP contribution in [0.4, 0.5) is 5.82 Å². The lowest BCUT2D eigenvalue weighted by Crippen LogP contribution is -2.29. The molecule has 0 unspecified atom stereocenters. The molecule has 0 fully saturated rings. The zero-order chi connectivity index (χ0) is 12.3. The summed E-state index contributed by atoms with van der Waals surface area (Å²) in [5.41, 5.74) is 4.46. The standard InChI is InChI=1S/C10H14ClN3O2/c1-10(2,16)5-14-9-7(11)3-6(4-13-9)8(12)15/h3-4,16H,5H2,1-2H3,(H2,12,15)(H,13,14). The molecule has 0 aliphatic carbocycles.